The molecule has 1 heterocycles. The molecule has 1 saturated heterocycles. The topological polar surface area (TPSA) is 39.7 Å². The third-order valence-electron chi connectivity index (χ3n) is 4.25. The average molecular weight is 359 g/mol. The number of rotatable bonds is 6. The van der Waals surface area contributed by atoms with Gasteiger partial charge in [-0.2, -0.15) is 0 Å². The summed E-state index contributed by atoms with van der Waals surface area (Å²) in [7, 11) is 0. The molecule has 26 heavy (non-hydrogen) atoms. The Morgan fingerprint density at radius 2 is 1.88 bits per heavy atom. The van der Waals surface area contributed by atoms with E-state index in [2.05, 4.69) is 5.32 Å². The third kappa shape index (κ3) is 4.81. The van der Waals surface area contributed by atoms with Crippen LogP contribution in [0.4, 0.5) is 4.39 Å². The number of benzene rings is 2. The Kier molecular flexibility index (Phi) is 6.25. The van der Waals surface area contributed by atoms with E-state index in [9.17, 15) is 4.39 Å². The number of nitrogens with one attached hydrogen (secondary N) is 1. The third-order valence-corrected chi connectivity index (χ3v) is 4.25. The molecule has 1 N–H and O–H groups in total. The lowest BCUT2D eigenvalue weighted by molar-refractivity contribution is -0.200. The smallest absolute Gasteiger partial charge is 0.177 e. The highest BCUT2D eigenvalue weighted by Gasteiger charge is 2.29. The lowest BCUT2D eigenvalue weighted by Crippen LogP contribution is -2.43. The highest BCUT2D eigenvalue weighted by Crippen LogP contribution is 2.30. The molecular formula is C21H26FNO3. The first-order chi connectivity index (χ1) is 12.5. The summed E-state index contributed by atoms with van der Waals surface area (Å²) in [6.45, 7) is 7.06. The van der Waals surface area contributed by atoms with Crippen LogP contribution in [0, 0.1) is 5.82 Å². The fourth-order valence-corrected chi connectivity index (χ4v) is 3.07. The summed E-state index contributed by atoms with van der Waals surface area (Å²) in [4.78, 5) is 0. The molecule has 0 radical (unpaired) electrons. The summed E-state index contributed by atoms with van der Waals surface area (Å²) in [6, 6.07) is 14.7. The molecule has 4 nitrogen and oxygen atoms in total. The summed E-state index contributed by atoms with van der Waals surface area (Å²) in [5, 5.41) is 3.44. The minimum Gasteiger partial charge on any atom is -0.491 e. The quantitative estimate of drug-likeness (QED) is 0.831. The zero-order chi connectivity index (χ0) is 18.5. The SMILES string of the molecule is CC(C)Oc1cc(F)cc([C@@H](C)OC2OCCNC2c2ccccc2)c1. The number of ether oxygens (including phenoxy) is 3. The van der Waals surface area contributed by atoms with Crippen molar-refractivity contribution in [3.63, 3.8) is 0 Å². The number of hydrogen-bond donors (Lipinski definition) is 1. The summed E-state index contributed by atoms with van der Waals surface area (Å²) in [6.07, 6.45) is -0.801. The number of hydrogen-bond acceptors (Lipinski definition) is 4. The molecule has 1 aliphatic rings. The molecule has 140 valence electrons. The first-order valence-corrected chi connectivity index (χ1v) is 9.05. The Bertz CT molecular complexity index is 708. The highest BCUT2D eigenvalue weighted by atomic mass is 19.1. The molecule has 0 bridgehead atoms. The van der Waals surface area contributed by atoms with Crippen LogP contribution in [0.2, 0.25) is 0 Å². The fraction of sp³-hybridized carbons (Fsp3) is 0.429. The van der Waals surface area contributed by atoms with Crippen LogP contribution < -0.4 is 10.1 Å². The first kappa shape index (κ1) is 18.8. The van der Waals surface area contributed by atoms with Crippen molar-refractivity contribution in [3.8, 4) is 5.75 Å². The average Bonchev–Trinajstić information content (AvgIpc) is 2.62. The van der Waals surface area contributed by atoms with E-state index in [1.165, 1.54) is 12.1 Å². The molecule has 2 unspecified atom stereocenters. The van der Waals surface area contributed by atoms with Crippen molar-refractivity contribution >= 4 is 0 Å². The highest BCUT2D eigenvalue weighted by molar-refractivity contribution is 5.31. The molecule has 0 aromatic heterocycles. The zero-order valence-corrected chi connectivity index (χ0v) is 15.4. The molecule has 5 heteroatoms. The monoisotopic (exact) mass is 359 g/mol. The van der Waals surface area contributed by atoms with Gasteiger partial charge in [-0.05, 0) is 44.0 Å². The Balaban J connectivity index is 1.75. The lowest BCUT2D eigenvalue weighted by atomic mass is 10.0. The van der Waals surface area contributed by atoms with Gasteiger partial charge in [-0.1, -0.05) is 30.3 Å². The van der Waals surface area contributed by atoms with Gasteiger partial charge in [0, 0.05) is 12.6 Å². The predicted octanol–water partition coefficient (Wildman–Crippen LogP) is 4.38. The molecular weight excluding hydrogens is 333 g/mol. The van der Waals surface area contributed by atoms with Crippen LogP contribution in [0.5, 0.6) is 5.75 Å². The summed E-state index contributed by atoms with van der Waals surface area (Å²) < 4.78 is 31.6. The van der Waals surface area contributed by atoms with Gasteiger partial charge in [-0.3, -0.25) is 0 Å². The molecule has 3 rings (SSSR count). The maximum Gasteiger partial charge on any atom is 0.177 e. The molecule has 0 aliphatic carbocycles. The second-order valence-electron chi connectivity index (χ2n) is 6.75. The van der Waals surface area contributed by atoms with Gasteiger partial charge in [-0.25, -0.2) is 4.39 Å². The summed E-state index contributed by atoms with van der Waals surface area (Å²) >= 11 is 0. The van der Waals surface area contributed by atoms with Crippen LogP contribution in [0.25, 0.3) is 0 Å². The van der Waals surface area contributed by atoms with Crippen molar-refractivity contribution in [1.82, 2.24) is 5.32 Å². The normalized spacial score (nSPS) is 21.6. The van der Waals surface area contributed by atoms with E-state index in [0.717, 1.165) is 17.7 Å². The van der Waals surface area contributed by atoms with Gasteiger partial charge < -0.3 is 19.5 Å². The van der Waals surface area contributed by atoms with Crippen LogP contribution in [0.1, 0.15) is 44.0 Å². The summed E-state index contributed by atoms with van der Waals surface area (Å²) in [5.41, 5.74) is 1.83. The van der Waals surface area contributed by atoms with E-state index in [4.69, 9.17) is 14.2 Å². The zero-order valence-electron chi connectivity index (χ0n) is 15.4. The fourth-order valence-electron chi connectivity index (χ4n) is 3.07. The van der Waals surface area contributed by atoms with Gasteiger partial charge in [0.25, 0.3) is 0 Å². The van der Waals surface area contributed by atoms with Crippen molar-refractivity contribution in [2.24, 2.45) is 0 Å². The Labute approximate surface area is 154 Å². The van der Waals surface area contributed by atoms with Crippen molar-refractivity contribution in [3.05, 3.63) is 65.5 Å². The lowest BCUT2D eigenvalue weighted by Gasteiger charge is -2.34. The molecule has 2 aromatic carbocycles. The van der Waals surface area contributed by atoms with E-state index in [1.54, 1.807) is 0 Å². The van der Waals surface area contributed by atoms with Gasteiger partial charge >= 0.3 is 0 Å². The van der Waals surface area contributed by atoms with E-state index < -0.39 is 6.29 Å². The van der Waals surface area contributed by atoms with E-state index in [-0.39, 0.29) is 24.1 Å². The van der Waals surface area contributed by atoms with Gasteiger partial charge in [0.05, 0.1) is 24.9 Å². The van der Waals surface area contributed by atoms with Crippen LogP contribution in [-0.4, -0.2) is 25.5 Å². The minimum absolute atomic E-state index is 0.0192. The van der Waals surface area contributed by atoms with Crippen molar-refractivity contribution in [1.29, 1.82) is 0 Å². The van der Waals surface area contributed by atoms with Crippen LogP contribution >= 0.6 is 0 Å². The Morgan fingerprint density at radius 1 is 1.12 bits per heavy atom. The first-order valence-electron chi connectivity index (χ1n) is 9.05. The van der Waals surface area contributed by atoms with Crippen molar-refractivity contribution in [2.75, 3.05) is 13.2 Å². The number of morpholine rings is 1. The molecule has 0 spiro atoms. The second kappa shape index (κ2) is 8.62. The molecule has 1 aliphatic heterocycles. The van der Waals surface area contributed by atoms with Crippen LogP contribution in [-0.2, 0) is 9.47 Å². The molecule has 0 saturated carbocycles. The van der Waals surface area contributed by atoms with Crippen LogP contribution in [0.15, 0.2) is 48.5 Å². The van der Waals surface area contributed by atoms with Crippen LogP contribution in [0.3, 0.4) is 0 Å². The summed E-state index contributed by atoms with van der Waals surface area (Å²) in [5.74, 6) is 0.170. The van der Waals surface area contributed by atoms with Crippen molar-refractivity contribution < 1.29 is 18.6 Å². The van der Waals surface area contributed by atoms with Gasteiger partial charge in [0.1, 0.15) is 11.6 Å². The molecule has 1 fully saturated rings. The number of halogens is 1. The minimum atomic E-state index is -0.445. The maximum atomic E-state index is 14.0. The van der Waals surface area contributed by atoms with E-state index in [1.807, 2.05) is 57.2 Å². The van der Waals surface area contributed by atoms with Gasteiger partial charge in [0.15, 0.2) is 6.29 Å². The molecule has 2 aromatic rings. The molecule has 0 amide bonds. The Hall–Kier alpha value is -1.95. The standard InChI is InChI=1S/C21H26FNO3/c1-14(2)25-19-12-17(11-18(22)13-19)15(3)26-21-20(23-9-10-24-21)16-7-5-4-6-8-16/h4-8,11-15,20-21,23H,9-10H2,1-3H3/t15-,20?,21?/m1/s1. The van der Waals surface area contributed by atoms with Gasteiger partial charge in [-0.15, -0.1) is 0 Å². The van der Waals surface area contributed by atoms with E-state index >= 15 is 0 Å². The maximum absolute atomic E-state index is 14.0. The second-order valence-corrected chi connectivity index (χ2v) is 6.75. The Morgan fingerprint density at radius 3 is 2.62 bits per heavy atom. The van der Waals surface area contributed by atoms with E-state index in [0.29, 0.717) is 12.4 Å². The largest absolute Gasteiger partial charge is 0.491 e. The predicted molar refractivity (Wildman–Crippen MR) is 98.6 cm³/mol. The molecule has 3 atom stereocenters. The van der Waals surface area contributed by atoms with Gasteiger partial charge in [0.2, 0.25) is 0 Å². The van der Waals surface area contributed by atoms with Crippen molar-refractivity contribution in [2.45, 2.75) is 45.3 Å².